The molecule has 0 radical (unpaired) electrons. The number of anilines is 6. The summed E-state index contributed by atoms with van der Waals surface area (Å²) in [5, 5.41) is 5.04. The lowest BCUT2D eigenvalue weighted by molar-refractivity contribution is 0.590. The maximum atomic E-state index is 2.76. The molecule has 137 heavy (non-hydrogen) atoms. The summed E-state index contributed by atoms with van der Waals surface area (Å²) in [7, 11) is 0. The third-order valence-corrected chi connectivity index (χ3v) is 31.2. The highest BCUT2D eigenvalue weighted by molar-refractivity contribution is 7.00. The standard InChI is InChI=1S/C132H123BN4/c1-124(2,3)88-52-64-113(99(72-88)82-50-60-109-101(70-82)97-46-34-36-48-107(97)131(109,84-38-26-22-27-39-84)85-40-28-23-29-41-85)136-119-80-95(134-115-66-54-90(126(7,8)9)74-103(115)104-75-91(127(10,11)12)55-67-116(104)134)58-62-111(119)133-112-63-59-96(135-117-68-56-92(128(13,14)15)76-105(117)106-77-93(129(16,17)18)57-69-118(106)135)81-120(112)137(122-79-94(130(19,20)21)78-121(136)123(122)133)114-65-53-89(125(4,5)6)73-100(114)83-51-61-110-102(71-83)98-47-35-37-49-108(98)132(110,86-42-30-24-31-43-86)87-44-32-25-33-45-87/h22-81H,1-21H3. The summed E-state index contributed by atoms with van der Waals surface area (Å²) in [6.07, 6.45) is 0. The van der Waals surface area contributed by atoms with Crippen molar-refractivity contribution >= 4 is 101 Å². The molecule has 0 bridgehead atoms. The second-order valence-corrected chi connectivity index (χ2v) is 46.9. The fraction of sp³-hybridized carbons (Fsp3) is 0.227. The number of benzene rings is 17. The molecule has 0 saturated carbocycles. The van der Waals surface area contributed by atoms with Crippen LogP contribution in [0.2, 0.25) is 0 Å². The van der Waals surface area contributed by atoms with Gasteiger partial charge in [0.1, 0.15) is 0 Å². The van der Waals surface area contributed by atoms with Crippen LogP contribution in [-0.4, -0.2) is 15.8 Å². The highest BCUT2D eigenvalue weighted by Crippen LogP contribution is 2.61. The zero-order chi connectivity index (χ0) is 95.1. The summed E-state index contributed by atoms with van der Waals surface area (Å²) in [5.74, 6) is 0. The normalized spacial score (nSPS) is 14.4. The van der Waals surface area contributed by atoms with Crippen molar-refractivity contribution in [3.8, 4) is 55.9 Å². The Morgan fingerprint density at radius 1 is 0.197 bits per heavy atom. The predicted octanol–water partition coefficient (Wildman–Crippen LogP) is 33.1. The van der Waals surface area contributed by atoms with Crippen molar-refractivity contribution in [2.45, 2.75) is 194 Å². The van der Waals surface area contributed by atoms with Crippen molar-refractivity contribution in [1.29, 1.82) is 0 Å². The van der Waals surface area contributed by atoms with E-state index in [2.05, 4.69) is 528 Å². The molecule has 0 amide bonds. The molecule has 23 rings (SSSR count). The number of nitrogens with zero attached hydrogens (tertiary/aromatic N) is 4. The molecule has 4 aliphatic rings. The third kappa shape index (κ3) is 13.6. The third-order valence-electron chi connectivity index (χ3n) is 31.2. The topological polar surface area (TPSA) is 16.3 Å². The summed E-state index contributed by atoms with van der Waals surface area (Å²) in [6, 6.07) is 143. The maximum Gasteiger partial charge on any atom is 0.252 e. The lowest BCUT2D eigenvalue weighted by Crippen LogP contribution is -2.61. The van der Waals surface area contributed by atoms with Crippen LogP contribution in [0.25, 0.3) is 99.5 Å². The molecule has 17 aromatic carbocycles. The predicted molar refractivity (Wildman–Crippen MR) is 586 cm³/mol. The van der Waals surface area contributed by atoms with Gasteiger partial charge >= 0.3 is 0 Å². The van der Waals surface area contributed by atoms with E-state index in [0.29, 0.717) is 0 Å². The molecule has 0 N–H and O–H groups in total. The SMILES string of the molecule is CC(C)(C)c1ccc(N2c3cc(-n4c5ccc(C(C)(C)C)cc5c5cc(C(C)(C)C)ccc54)ccc3B3c4ccc(-n5c6ccc(C(C)(C)C)cc6c6cc(C(C)(C)C)ccc65)cc4N(c4ccc(C(C)(C)C)cc4-c4ccc5c(c4)-c4ccccc4C5(c4ccccc4)c4ccccc4)c4cc(C(C)(C)C)cc2c43)c(-c2ccc3c(c2)-c2ccccc2C3(c2ccccc2)c2ccccc2)c1. The number of rotatable bonds is 10. The van der Waals surface area contributed by atoms with Gasteiger partial charge in [-0.25, -0.2) is 0 Å². The molecule has 4 nitrogen and oxygen atoms in total. The van der Waals surface area contributed by atoms with Crippen LogP contribution in [0, 0.1) is 0 Å². The van der Waals surface area contributed by atoms with E-state index in [1.54, 1.807) is 0 Å². The molecule has 674 valence electrons. The summed E-state index contributed by atoms with van der Waals surface area (Å²) >= 11 is 0. The lowest BCUT2D eigenvalue weighted by Gasteiger charge is -2.46. The van der Waals surface area contributed by atoms with Gasteiger partial charge < -0.3 is 18.9 Å². The van der Waals surface area contributed by atoms with Gasteiger partial charge in [-0.15, -0.1) is 0 Å². The summed E-state index contributed by atoms with van der Waals surface area (Å²) < 4.78 is 5.18. The lowest BCUT2D eigenvalue weighted by atomic mass is 9.33. The Morgan fingerprint density at radius 2 is 0.474 bits per heavy atom. The van der Waals surface area contributed by atoms with Gasteiger partial charge in [-0.3, -0.25) is 0 Å². The molecule has 4 heterocycles. The monoisotopic (exact) mass is 1770 g/mol. The Kier molecular flexibility index (Phi) is 19.5. The van der Waals surface area contributed by atoms with Crippen molar-refractivity contribution in [3.63, 3.8) is 0 Å². The molecule has 2 aromatic heterocycles. The minimum absolute atomic E-state index is 0.0855. The van der Waals surface area contributed by atoms with Crippen molar-refractivity contribution in [2.24, 2.45) is 0 Å². The molecule has 5 heteroatoms. The van der Waals surface area contributed by atoms with E-state index < -0.39 is 10.8 Å². The number of hydrogen-bond acceptors (Lipinski definition) is 2. The van der Waals surface area contributed by atoms with E-state index in [9.17, 15) is 0 Å². The Morgan fingerprint density at radius 3 is 0.781 bits per heavy atom. The van der Waals surface area contributed by atoms with Gasteiger partial charge in [0.25, 0.3) is 6.71 Å². The molecule has 0 spiro atoms. The molecule has 0 unspecified atom stereocenters. The first kappa shape index (κ1) is 87.1. The second kappa shape index (κ2) is 30.8. The van der Waals surface area contributed by atoms with Gasteiger partial charge in [-0.1, -0.05) is 388 Å². The molecule has 19 aromatic rings. The average molecular weight is 1780 g/mol. The number of aromatic nitrogens is 2. The molecular weight excluding hydrogens is 1650 g/mol. The zero-order valence-corrected chi connectivity index (χ0v) is 83.5. The molecule has 0 atom stereocenters. The molecule has 0 fully saturated rings. The van der Waals surface area contributed by atoms with E-state index in [4.69, 9.17) is 0 Å². The first-order valence-electron chi connectivity index (χ1n) is 49.6. The van der Waals surface area contributed by atoms with Crippen LogP contribution in [0.5, 0.6) is 0 Å². The second-order valence-electron chi connectivity index (χ2n) is 46.9. The van der Waals surface area contributed by atoms with E-state index in [-0.39, 0.29) is 44.6 Å². The Bertz CT molecular complexity index is 7480. The molecule has 0 saturated heterocycles. The van der Waals surface area contributed by atoms with Crippen molar-refractivity contribution in [1.82, 2.24) is 9.13 Å². The molecular formula is C132H123BN4. The highest BCUT2D eigenvalue weighted by atomic mass is 15.2. The van der Waals surface area contributed by atoms with Crippen LogP contribution in [-0.2, 0) is 48.7 Å². The minimum Gasteiger partial charge on any atom is -0.311 e. The highest BCUT2D eigenvalue weighted by Gasteiger charge is 2.51. The van der Waals surface area contributed by atoms with E-state index >= 15 is 0 Å². The van der Waals surface area contributed by atoms with Crippen LogP contribution < -0.4 is 26.2 Å². The van der Waals surface area contributed by atoms with Crippen LogP contribution in [0.15, 0.2) is 364 Å². The quantitative estimate of drug-likeness (QED) is 0.127. The molecule has 2 aliphatic heterocycles. The van der Waals surface area contributed by atoms with Crippen molar-refractivity contribution in [3.05, 3.63) is 447 Å². The van der Waals surface area contributed by atoms with E-state index in [1.807, 2.05) is 0 Å². The van der Waals surface area contributed by atoms with Gasteiger partial charge in [0, 0.05) is 66.8 Å². The van der Waals surface area contributed by atoms with Gasteiger partial charge in [-0.05, 0) is 292 Å². The fourth-order valence-corrected chi connectivity index (χ4v) is 23.8. The number of hydrogen-bond donors (Lipinski definition) is 0. The van der Waals surface area contributed by atoms with Crippen LogP contribution >= 0.6 is 0 Å². The largest absolute Gasteiger partial charge is 0.311 e. The van der Waals surface area contributed by atoms with Gasteiger partial charge in [-0.2, -0.15) is 0 Å². The van der Waals surface area contributed by atoms with Crippen LogP contribution in [0.1, 0.15) is 229 Å². The summed E-state index contributed by atoms with van der Waals surface area (Å²) in [6.45, 7) is 49.5. The van der Waals surface area contributed by atoms with Crippen molar-refractivity contribution < 1.29 is 0 Å². The first-order chi connectivity index (χ1) is 65.4. The first-order valence-corrected chi connectivity index (χ1v) is 49.6. The molecule has 2 aliphatic carbocycles. The average Bonchev–Trinajstić information content (AvgIpc) is 1.57. The van der Waals surface area contributed by atoms with Crippen molar-refractivity contribution in [2.75, 3.05) is 9.80 Å². The van der Waals surface area contributed by atoms with Gasteiger partial charge in [0.2, 0.25) is 0 Å². The summed E-state index contributed by atoms with van der Waals surface area (Å²) in [4.78, 5) is 5.52. The maximum absolute atomic E-state index is 2.76. The fourth-order valence-electron chi connectivity index (χ4n) is 23.8. The smallest absolute Gasteiger partial charge is 0.252 e. The zero-order valence-electron chi connectivity index (χ0n) is 83.5. The van der Waals surface area contributed by atoms with E-state index in [0.717, 1.165) is 67.8 Å². The van der Waals surface area contributed by atoms with Gasteiger partial charge in [0.15, 0.2) is 0 Å². The summed E-state index contributed by atoms with van der Waals surface area (Å²) in [5.41, 5.74) is 43.9. The Balaban J connectivity index is 0.845. The van der Waals surface area contributed by atoms with Crippen LogP contribution in [0.4, 0.5) is 34.1 Å². The Labute approximate surface area is 811 Å². The minimum atomic E-state index is -0.587. The number of fused-ring (bicyclic) bond motifs is 16. The van der Waals surface area contributed by atoms with Crippen LogP contribution in [0.3, 0.4) is 0 Å². The van der Waals surface area contributed by atoms with Gasteiger partial charge in [0.05, 0.1) is 44.3 Å². The van der Waals surface area contributed by atoms with E-state index in [1.165, 1.54) is 166 Å². The Hall–Kier alpha value is -14.0.